The summed E-state index contributed by atoms with van der Waals surface area (Å²) < 4.78 is 0. The second-order valence-corrected chi connectivity index (χ2v) is 10.3. The molecule has 2 aromatic carbocycles. The molecule has 0 saturated carbocycles. The van der Waals surface area contributed by atoms with Gasteiger partial charge in [-0.1, -0.05) is 11.6 Å². The number of halogens is 1. The van der Waals surface area contributed by atoms with E-state index in [-0.39, 0.29) is 5.92 Å². The minimum atomic E-state index is 0.238. The van der Waals surface area contributed by atoms with Crippen LogP contribution in [-0.4, -0.2) is 45.6 Å². The fourth-order valence-corrected chi connectivity index (χ4v) is 5.98. The first kappa shape index (κ1) is 22.1. The number of rotatable bonds is 4. The zero-order chi connectivity index (χ0) is 22.8. The summed E-state index contributed by atoms with van der Waals surface area (Å²) in [6.07, 6.45) is 6.67. The largest absolute Gasteiger partial charge is 0.371 e. The number of anilines is 3. The second kappa shape index (κ2) is 9.27. The molecule has 3 saturated heterocycles. The summed E-state index contributed by atoms with van der Waals surface area (Å²) >= 11 is 6.27. The predicted molar refractivity (Wildman–Crippen MR) is 134 cm³/mol. The number of piperidine rings is 2. The van der Waals surface area contributed by atoms with Crippen molar-refractivity contribution in [1.29, 1.82) is 5.26 Å². The van der Waals surface area contributed by atoms with Crippen LogP contribution in [-0.2, 0) is 4.79 Å². The van der Waals surface area contributed by atoms with Crippen LogP contribution in [0.2, 0.25) is 5.02 Å². The Balaban J connectivity index is 1.17. The van der Waals surface area contributed by atoms with E-state index >= 15 is 0 Å². The molecular formula is C27H31ClN4O. The summed E-state index contributed by atoms with van der Waals surface area (Å²) in [5, 5.41) is 9.67. The van der Waals surface area contributed by atoms with Crippen molar-refractivity contribution in [2.75, 3.05) is 54.0 Å². The van der Waals surface area contributed by atoms with Gasteiger partial charge >= 0.3 is 0 Å². The second-order valence-electron chi connectivity index (χ2n) is 9.91. The van der Waals surface area contributed by atoms with Crippen molar-refractivity contribution in [3.05, 3.63) is 53.1 Å². The molecule has 172 valence electrons. The van der Waals surface area contributed by atoms with Gasteiger partial charge in [-0.15, -0.1) is 0 Å². The van der Waals surface area contributed by atoms with Crippen molar-refractivity contribution in [2.45, 2.75) is 32.1 Å². The Morgan fingerprint density at radius 2 is 1.39 bits per heavy atom. The van der Waals surface area contributed by atoms with Crippen LogP contribution in [0.1, 0.15) is 37.7 Å². The highest BCUT2D eigenvalue weighted by atomic mass is 35.5. The van der Waals surface area contributed by atoms with Crippen LogP contribution in [0.5, 0.6) is 0 Å². The summed E-state index contributed by atoms with van der Waals surface area (Å²) in [7, 11) is 0. The molecule has 0 aromatic heterocycles. The molecule has 0 aliphatic carbocycles. The lowest BCUT2D eigenvalue weighted by molar-refractivity contribution is -0.111. The number of nitriles is 1. The molecule has 3 aliphatic heterocycles. The lowest BCUT2D eigenvalue weighted by Crippen LogP contribution is -2.41. The van der Waals surface area contributed by atoms with Crippen LogP contribution < -0.4 is 14.7 Å². The third-order valence-electron chi connectivity index (χ3n) is 8.01. The third kappa shape index (κ3) is 4.54. The van der Waals surface area contributed by atoms with E-state index < -0.39 is 0 Å². The van der Waals surface area contributed by atoms with E-state index in [2.05, 4.69) is 45.0 Å². The molecule has 2 aromatic rings. The van der Waals surface area contributed by atoms with Gasteiger partial charge in [0.25, 0.3) is 0 Å². The summed E-state index contributed by atoms with van der Waals surface area (Å²) in [5.74, 6) is 0.238. The van der Waals surface area contributed by atoms with Gasteiger partial charge < -0.3 is 19.5 Å². The highest BCUT2D eigenvalue weighted by molar-refractivity contribution is 6.32. The van der Waals surface area contributed by atoms with Gasteiger partial charge in [-0.25, -0.2) is 0 Å². The van der Waals surface area contributed by atoms with Crippen molar-refractivity contribution in [3.63, 3.8) is 0 Å². The van der Waals surface area contributed by atoms with E-state index in [1.165, 1.54) is 30.6 Å². The Hall–Kier alpha value is -2.71. The minimum absolute atomic E-state index is 0.238. The molecule has 0 amide bonds. The van der Waals surface area contributed by atoms with Crippen molar-refractivity contribution >= 4 is 34.9 Å². The predicted octanol–water partition coefficient (Wildman–Crippen LogP) is 5.12. The monoisotopic (exact) mass is 462 g/mol. The van der Waals surface area contributed by atoms with Gasteiger partial charge in [0.15, 0.2) is 0 Å². The van der Waals surface area contributed by atoms with Gasteiger partial charge in [-0.3, -0.25) is 0 Å². The maximum atomic E-state index is 11.0. The molecule has 0 radical (unpaired) electrons. The zero-order valence-corrected chi connectivity index (χ0v) is 19.8. The van der Waals surface area contributed by atoms with E-state index in [0.717, 1.165) is 64.1 Å². The van der Waals surface area contributed by atoms with E-state index in [4.69, 9.17) is 16.9 Å². The Morgan fingerprint density at radius 1 is 0.848 bits per heavy atom. The molecule has 0 unspecified atom stereocenters. The van der Waals surface area contributed by atoms with Gasteiger partial charge in [0.05, 0.1) is 10.6 Å². The molecule has 0 atom stereocenters. The number of benzene rings is 2. The minimum Gasteiger partial charge on any atom is -0.371 e. The van der Waals surface area contributed by atoms with Gasteiger partial charge in [0.2, 0.25) is 0 Å². The van der Waals surface area contributed by atoms with Crippen LogP contribution in [0.15, 0.2) is 42.5 Å². The lowest BCUT2D eigenvalue weighted by Gasteiger charge is -2.40. The fourth-order valence-electron chi connectivity index (χ4n) is 5.76. The average molecular weight is 463 g/mol. The summed E-state index contributed by atoms with van der Waals surface area (Å²) in [4.78, 5) is 18.4. The summed E-state index contributed by atoms with van der Waals surface area (Å²) in [6.45, 7) is 6.24. The molecule has 0 N–H and O–H groups in total. The highest BCUT2D eigenvalue weighted by Crippen LogP contribution is 2.43. The summed E-state index contributed by atoms with van der Waals surface area (Å²) in [5.41, 5.74) is 4.62. The topological polar surface area (TPSA) is 50.6 Å². The highest BCUT2D eigenvalue weighted by Gasteiger charge is 2.40. The summed E-state index contributed by atoms with van der Waals surface area (Å²) in [6, 6.07) is 17.0. The fraction of sp³-hybridized carbons (Fsp3) is 0.481. The van der Waals surface area contributed by atoms with Crippen LogP contribution in [0.25, 0.3) is 0 Å². The number of hydrogen-bond acceptors (Lipinski definition) is 5. The lowest BCUT2D eigenvalue weighted by atomic mass is 9.77. The first-order chi connectivity index (χ1) is 16.1. The first-order valence-electron chi connectivity index (χ1n) is 12.1. The van der Waals surface area contributed by atoms with Crippen molar-refractivity contribution < 1.29 is 4.79 Å². The molecule has 6 heteroatoms. The van der Waals surface area contributed by atoms with E-state index in [1.807, 2.05) is 18.2 Å². The first-order valence-corrected chi connectivity index (χ1v) is 12.5. The number of nitrogens with zero attached hydrogens (tertiary/aromatic N) is 4. The van der Waals surface area contributed by atoms with Crippen LogP contribution in [0, 0.1) is 22.7 Å². The maximum absolute atomic E-state index is 11.0. The van der Waals surface area contributed by atoms with E-state index in [1.54, 1.807) is 0 Å². The van der Waals surface area contributed by atoms with Crippen LogP contribution >= 0.6 is 11.6 Å². The molecule has 3 fully saturated rings. The molecule has 3 heterocycles. The van der Waals surface area contributed by atoms with Gasteiger partial charge in [0, 0.05) is 62.2 Å². The van der Waals surface area contributed by atoms with Crippen molar-refractivity contribution in [3.8, 4) is 6.07 Å². The standard InChI is InChI=1S/C27H31ClN4O/c28-26-17-25(2-1-22(26)18-29)32-16-11-27(20-32)9-14-31(15-10-27)24-5-3-23(4-6-24)30-12-7-21(19-33)8-13-30/h1-6,17,19,21H,7-16,20H2. The van der Waals surface area contributed by atoms with Gasteiger partial charge in [-0.05, 0) is 80.0 Å². The Morgan fingerprint density at radius 3 is 1.94 bits per heavy atom. The SMILES string of the molecule is N#Cc1ccc(N2CCC3(CCN(c4ccc(N5CCC(C=O)CC5)cc4)CC3)C2)cc1Cl. The molecular weight excluding hydrogens is 432 g/mol. The zero-order valence-electron chi connectivity index (χ0n) is 19.0. The molecule has 1 spiro atoms. The average Bonchev–Trinajstić information content (AvgIpc) is 3.28. The van der Waals surface area contributed by atoms with E-state index in [9.17, 15) is 4.79 Å². The number of aldehydes is 1. The van der Waals surface area contributed by atoms with Crippen molar-refractivity contribution in [1.82, 2.24) is 0 Å². The van der Waals surface area contributed by atoms with Crippen molar-refractivity contribution in [2.24, 2.45) is 11.3 Å². The number of hydrogen-bond donors (Lipinski definition) is 0. The van der Waals surface area contributed by atoms with Crippen LogP contribution in [0.4, 0.5) is 17.1 Å². The Labute approximate surface area is 201 Å². The molecule has 0 bridgehead atoms. The molecule has 5 nitrogen and oxygen atoms in total. The molecule has 33 heavy (non-hydrogen) atoms. The number of carbonyl (C=O) groups excluding carboxylic acids is 1. The Kier molecular flexibility index (Phi) is 6.21. The normalized spacial score (nSPS) is 20.8. The Bertz CT molecular complexity index is 1030. The maximum Gasteiger partial charge on any atom is 0.123 e. The van der Waals surface area contributed by atoms with Gasteiger partial charge in [0.1, 0.15) is 12.4 Å². The molecule has 5 rings (SSSR count). The number of carbonyl (C=O) groups is 1. The van der Waals surface area contributed by atoms with E-state index in [0.29, 0.717) is 16.0 Å². The third-order valence-corrected chi connectivity index (χ3v) is 8.33. The van der Waals surface area contributed by atoms with Gasteiger partial charge in [-0.2, -0.15) is 5.26 Å². The molecule has 3 aliphatic rings. The quantitative estimate of drug-likeness (QED) is 0.590. The van der Waals surface area contributed by atoms with Crippen LogP contribution in [0.3, 0.4) is 0 Å². The smallest absolute Gasteiger partial charge is 0.123 e.